The van der Waals surface area contributed by atoms with Crippen molar-refractivity contribution >= 4 is 34.3 Å². The van der Waals surface area contributed by atoms with Crippen LogP contribution in [0.5, 0.6) is 0 Å². The smallest absolute Gasteiger partial charge is 0.338 e. The van der Waals surface area contributed by atoms with Gasteiger partial charge in [-0.1, -0.05) is 22.0 Å². The highest BCUT2D eigenvalue weighted by atomic mass is 79.9. The average molecular weight is 351 g/mol. The molecule has 0 amide bonds. The van der Waals surface area contributed by atoms with Crippen molar-refractivity contribution in [2.45, 2.75) is 26.3 Å². The van der Waals surface area contributed by atoms with Gasteiger partial charge in [-0.3, -0.25) is 4.90 Å². The molecule has 1 rings (SSSR count). The number of benzene rings is 1. The van der Waals surface area contributed by atoms with Gasteiger partial charge in [-0.2, -0.15) is 0 Å². The zero-order valence-electron chi connectivity index (χ0n) is 11.8. The minimum Gasteiger partial charge on any atom is -0.461 e. The largest absolute Gasteiger partial charge is 0.461 e. The van der Waals surface area contributed by atoms with Crippen molar-refractivity contribution in [1.82, 2.24) is 4.90 Å². The third kappa shape index (κ3) is 6.41. The van der Waals surface area contributed by atoms with E-state index in [9.17, 15) is 4.79 Å². The molecular weight excluding hydrogens is 330 g/mol. The number of likely N-dealkylation sites (N-methyl/N-ethyl adjacent to an activating group) is 1. The molecule has 108 valence electrons. The van der Waals surface area contributed by atoms with Gasteiger partial charge in [-0.25, -0.2) is 4.79 Å². The second kappa shape index (κ2) is 7.88. The molecule has 0 fully saturated rings. The molecule has 19 heavy (non-hydrogen) atoms. The lowest BCUT2D eigenvalue weighted by Crippen LogP contribution is -2.40. The van der Waals surface area contributed by atoms with Gasteiger partial charge in [-0.15, -0.1) is 12.4 Å². The van der Waals surface area contributed by atoms with Crippen molar-refractivity contribution in [2.24, 2.45) is 0 Å². The molecule has 5 heteroatoms. The van der Waals surface area contributed by atoms with E-state index in [1.54, 1.807) is 12.1 Å². The number of hydrogen-bond acceptors (Lipinski definition) is 3. The minimum absolute atomic E-state index is 0. The SMILES string of the molecule is CN(CCOC(=O)c1cccc(Br)c1)C(C)(C)C.Cl. The van der Waals surface area contributed by atoms with Gasteiger partial charge in [0.1, 0.15) is 6.61 Å². The summed E-state index contributed by atoms with van der Waals surface area (Å²) in [5.74, 6) is -0.279. The van der Waals surface area contributed by atoms with Crippen molar-refractivity contribution in [2.75, 3.05) is 20.2 Å². The van der Waals surface area contributed by atoms with Crippen molar-refractivity contribution in [3.05, 3.63) is 34.3 Å². The molecule has 0 atom stereocenters. The summed E-state index contributed by atoms with van der Waals surface area (Å²) in [5, 5.41) is 0. The van der Waals surface area contributed by atoms with E-state index in [0.29, 0.717) is 12.2 Å². The Morgan fingerprint density at radius 2 is 2.00 bits per heavy atom. The maximum Gasteiger partial charge on any atom is 0.338 e. The van der Waals surface area contributed by atoms with Crippen LogP contribution in [0.1, 0.15) is 31.1 Å². The minimum atomic E-state index is -0.279. The Labute approximate surface area is 129 Å². The van der Waals surface area contributed by atoms with Crippen LogP contribution in [0.4, 0.5) is 0 Å². The third-order valence-corrected chi connectivity index (χ3v) is 3.36. The maximum absolute atomic E-state index is 11.8. The highest BCUT2D eigenvalue weighted by molar-refractivity contribution is 9.10. The van der Waals surface area contributed by atoms with Crippen LogP contribution in [0.3, 0.4) is 0 Å². The molecule has 0 saturated heterocycles. The molecule has 0 N–H and O–H groups in total. The molecule has 0 bridgehead atoms. The van der Waals surface area contributed by atoms with E-state index < -0.39 is 0 Å². The van der Waals surface area contributed by atoms with Crippen molar-refractivity contribution in [3.63, 3.8) is 0 Å². The van der Waals surface area contributed by atoms with Gasteiger partial charge in [-0.05, 0) is 46.0 Å². The zero-order valence-corrected chi connectivity index (χ0v) is 14.2. The summed E-state index contributed by atoms with van der Waals surface area (Å²) in [7, 11) is 2.02. The van der Waals surface area contributed by atoms with E-state index in [2.05, 4.69) is 41.6 Å². The van der Waals surface area contributed by atoms with Crippen LogP contribution in [-0.2, 0) is 4.74 Å². The quantitative estimate of drug-likeness (QED) is 0.774. The van der Waals surface area contributed by atoms with E-state index in [0.717, 1.165) is 11.0 Å². The fourth-order valence-corrected chi connectivity index (χ4v) is 1.71. The van der Waals surface area contributed by atoms with Crippen LogP contribution >= 0.6 is 28.3 Å². The lowest BCUT2D eigenvalue weighted by Gasteiger charge is -2.31. The van der Waals surface area contributed by atoms with Crippen LogP contribution < -0.4 is 0 Å². The highest BCUT2D eigenvalue weighted by Gasteiger charge is 2.17. The summed E-state index contributed by atoms with van der Waals surface area (Å²) in [4.78, 5) is 13.9. The normalized spacial score (nSPS) is 11.1. The van der Waals surface area contributed by atoms with E-state index in [1.165, 1.54) is 0 Å². The summed E-state index contributed by atoms with van der Waals surface area (Å²) in [5.41, 5.74) is 0.658. The van der Waals surface area contributed by atoms with Gasteiger partial charge in [0.25, 0.3) is 0 Å². The summed E-state index contributed by atoms with van der Waals surface area (Å²) in [6.07, 6.45) is 0. The first-order valence-electron chi connectivity index (χ1n) is 5.94. The Hall–Kier alpha value is -0.580. The van der Waals surface area contributed by atoms with Crippen LogP contribution in [0.15, 0.2) is 28.7 Å². The predicted octanol–water partition coefficient (Wildman–Crippen LogP) is 3.76. The Balaban J connectivity index is 0.00000324. The molecule has 0 heterocycles. The Morgan fingerprint density at radius 3 is 2.53 bits per heavy atom. The van der Waals surface area contributed by atoms with Crippen LogP contribution in [0, 0.1) is 0 Å². The number of nitrogens with zero attached hydrogens (tertiary/aromatic N) is 1. The second-order valence-corrected chi connectivity index (χ2v) is 6.15. The Kier molecular flexibility index (Phi) is 7.64. The Bertz CT molecular complexity index is 418. The van der Waals surface area contributed by atoms with E-state index in [-0.39, 0.29) is 23.9 Å². The lowest BCUT2D eigenvalue weighted by atomic mass is 10.1. The maximum atomic E-state index is 11.8. The van der Waals surface area contributed by atoms with Crippen molar-refractivity contribution in [1.29, 1.82) is 0 Å². The number of esters is 1. The fraction of sp³-hybridized carbons (Fsp3) is 0.500. The molecule has 1 aromatic carbocycles. The molecule has 0 aliphatic heterocycles. The van der Waals surface area contributed by atoms with Crippen LogP contribution in [-0.4, -0.2) is 36.6 Å². The first kappa shape index (κ1) is 18.4. The van der Waals surface area contributed by atoms with Gasteiger partial charge >= 0.3 is 5.97 Å². The monoisotopic (exact) mass is 349 g/mol. The predicted molar refractivity (Wildman–Crippen MR) is 84.1 cm³/mol. The molecule has 0 spiro atoms. The molecule has 0 unspecified atom stereocenters. The first-order valence-corrected chi connectivity index (χ1v) is 6.74. The number of halogens is 2. The van der Waals surface area contributed by atoms with Crippen LogP contribution in [0.25, 0.3) is 0 Å². The van der Waals surface area contributed by atoms with Crippen LogP contribution in [0.2, 0.25) is 0 Å². The van der Waals surface area contributed by atoms with E-state index >= 15 is 0 Å². The number of rotatable bonds is 4. The summed E-state index contributed by atoms with van der Waals surface area (Å²) in [6, 6.07) is 7.21. The Morgan fingerprint density at radius 1 is 1.37 bits per heavy atom. The average Bonchev–Trinajstić information content (AvgIpc) is 2.27. The summed E-state index contributed by atoms with van der Waals surface area (Å²) < 4.78 is 6.13. The zero-order chi connectivity index (χ0) is 13.8. The lowest BCUT2D eigenvalue weighted by molar-refractivity contribution is 0.0423. The first-order chi connectivity index (χ1) is 8.30. The molecule has 1 aromatic rings. The molecule has 3 nitrogen and oxygen atoms in total. The van der Waals surface area contributed by atoms with Gasteiger partial charge in [0.15, 0.2) is 0 Å². The second-order valence-electron chi connectivity index (χ2n) is 5.24. The van der Waals surface area contributed by atoms with Crippen molar-refractivity contribution < 1.29 is 9.53 Å². The van der Waals surface area contributed by atoms with Gasteiger partial charge in [0, 0.05) is 16.6 Å². The number of ether oxygens (including phenoxy) is 1. The standard InChI is InChI=1S/C14H20BrNO2.ClH/c1-14(2,3)16(4)8-9-18-13(17)11-6-5-7-12(15)10-11;/h5-7,10H,8-9H2,1-4H3;1H. The molecule has 0 saturated carbocycles. The highest BCUT2D eigenvalue weighted by Crippen LogP contribution is 2.13. The van der Waals surface area contributed by atoms with Crippen molar-refractivity contribution in [3.8, 4) is 0 Å². The molecule has 0 radical (unpaired) electrons. The fourth-order valence-electron chi connectivity index (χ4n) is 1.31. The van der Waals surface area contributed by atoms with Gasteiger partial charge < -0.3 is 4.74 Å². The number of carbonyl (C=O) groups excluding carboxylic acids is 1. The van der Waals surface area contributed by atoms with Gasteiger partial charge in [0.2, 0.25) is 0 Å². The number of carbonyl (C=O) groups is 1. The van der Waals surface area contributed by atoms with E-state index in [4.69, 9.17) is 4.74 Å². The van der Waals surface area contributed by atoms with E-state index in [1.807, 2.05) is 19.2 Å². The summed E-state index contributed by atoms with van der Waals surface area (Å²) in [6.45, 7) is 7.51. The molecule has 0 aromatic heterocycles. The number of hydrogen-bond donors (Lipinski definition) is 0. The molecule has 0 aliphatic rings. The topological polar surface area (TPSA) is 29.5 Å². The molecule has 0 aliphatic carbocycles. The third-order valence-electron chi connectivity index (χ3n) is 2.87. The van der Waals surface area contributed by atoms with Gasteiger partial charge in [0.05, 0.1) is 5.56 Å². The molecular formula is C14H21BrClNO2. The summed E-state index contributed by atoms with van der Waals surface area (Å²) >= 11 is 3.33.